The first-order valence-electron chi connectivity index (χ1n) is 6.13. The van der Waals surface area contributed by atoms with E-state index in [0.717, 1.165) is 29.9 Å². The summed E-state index contributed by atoms with van der Waals surface area (Å²) >= 11 is 0. The van der Waals surface area contributed by atoms with Crippen molar-refractivity contribution in [2.45, 2.75) is 25.0 Å². The van der Waals surface area contributed by atoms with Crippen LogP contribution >= 0.6 is 0 Å². The van der Waals surface area contributed by atoms with Crippen LogP contribution in [0.3, 0.4) is 0 Å². The summed E-state index contributed by atoms with van der Waals surface area (Å²) in [6.45, 7) is 0. The highest BCUT2D eigenvalue weighted by atomic mass is 16.5. The highest BCUT2D eigenvalue weighted by molar-refractivity contribution is 5.34. The first kappa shape index (κ1) is 11.3. The van der Waals surface area contributed by atoms with Gasteiger partial charge < -0.3 is 9.15 Å². The molecule has 1 saturated carbocycles. The molecule has 1 unspecified atom stereocenters. The van der Waals surface area contributed by atoms with Crippen molar-refractivity contribution in [1.29, 1.82) is 0 Å². The van der Waals surface area contributed by atoms with Gasteiger partial charge in [0.1, 0.15) is 17.6 Å². The van der Waals surface area contributed by atoms with Crippen LogP contribution in [0.1, 0.15) is 30.2 Å². The predicted octanol–water partition coefficient (Wildman–Crippen LogP) is 2.37. The average molecular weight is 244 g/mol. The SMILES string of the molecule is NNC(c1cccc(OC2CC2)c1)c1ccco1. The first-order chi connectivity index (χ1) is 8.86. The van der Waals surface area contributed by atoms with Crippen molar-refractivity contribution in [3.05, 3.63) is 54.0 Å². The molecule has 4 nitrogen and oxygen atoms in total. The van der Waals surface area contributed by atoms with Crippen LogP contribution in [0.2, 0.25) is 0 Å². The largest absolute Gasteiger partial charge is 0.490 e. The van der Waals surface area contributed by atoms with Crippen molar-refractivity contribution in [2.24, 2.45) is 5.84 Å². The zero-order chi connectivity index (χ0) is 12.4. The molecule has 1 aliphatic carbocycles. The lowest BCUT2D eigenvalue weighted by Crippen LogP contribution is -2.28. The minimum atomic E-state index is -0.150. The van der Waals surface area contributed by atoms with Crippen molar-refractivity contribution in [2.75, 3.05) is 0 Å². The highest BCUT2D eigenvalue weighted by Gasteiger charge is 2.24. The average Bonchev–Trinajstić information content (AvgIpc) is 3.04. The Morgan fingerprint density at radius 2 is 2.17 bits per heavy atom. The number of hydrazine groups is 1. The second-order valence-corrected chi connectivity index (χ2v) is 4.50. The molecule has 18 heavy (non-hydrogen) atoms. The molecule has 1 atom stereocenters. The molecule has 0 bridgehead atoms. The molecule has 0 amide bonds. The lowest BCUT2D eigenvalue weighted by molar-refractivity contribution is 0.302. The van der Waals surface area contributed by atoms with Gasteiger partial charge in [-0.3, -0.25) is 5.84 Å². The number of ether oxygens (including phenoxy) is 1. The third-order valence-electron chi connectivity index (χ3n) is 3.01. The summed E-state index contributed by atoms with van der Waals surface area (Å²) < 4.78 is 11.2. The lowest BCUT2D eigenvalue weighted by atomic mass is 10.1. The maximum Gasteiger partial charge on any atom is 0.126 e. The number of rotatable bonds is 5. The van der Waals surface area contributed by atoms with Crippen LogP contribution in [0.15, 0.2) is 47.1 Å². The Morgan fingerprint density at radius 3 is 2.83 bits per heavy atom. The van der Waals surface area contributed by atoms with Crippen molar-refractivity contribution >= 4 is 0 Å². The molecule has 1 heterocycles. The van der Waals surface area contributed by atoms with Gasteiger partial charge in [-0.2, -0.15) is 0 Å². The molecular formula is C14H16N2O2. The molecule has 94 valence electrons. The van der Waals surface area contributed by atoms with Crippen LogP contribution in [-0.2, 0) is 0 Å². The van der Waals surface area contributed by atoms with Crippen LogP contribution in [0.5, 0.6) is 5.75 Å². The zero-order valence-corrected chi connectivity index (χ0v) is 10.0. The van der Waals surface area contributed by atoms with E-state index < -0.39 is 0 Å². The Hall–Kier alpha value is -1.78. The van der Waals surface area contributed by atoms with Gasteiger partial charge in [-0.1, -0.05) is 12.1 Å². The molecule has 3 rings (SSSR count). The number of furan rings is 1. The summed E-state index contributed by atoms with van der Waals surface area (Å²) in [4.78, 5) is 0. The normalized spacial score (nSPS) is 16.5. The predicted molar refractivity (Wildman–Crippen MR) is 68.0 cm³/mol. The quantitative estimate of drug-likeness (QED) is 0.626. The topological polar surface area (TPSA) is 60.4 Å². The van der Waals surface area contributed by atoms with Gasteiger partial charge >= 0.3 is 0 Å². The molecule has 3 N–H and O–H groups in total. The second kappa shape index (κ2) is 4.84. The first-order valence-corrected chi connectivity index (χ1v) is 6.13. The lowest BCUT2D eigenvalue weighted by Gasteiger charge is -2.15. The summed E-state index contributed by atoms with van der Waals surface area (Å²) in [6.07, 6.45) is 4.35. The third kappa shape index (κ3) is 2.39. The van der Waals surface area contributed by atoms with Crippen LogP contribution in [0.4, 0.5) is 0 Å². The molecule has 0 saturated heterocycles. The van der Waals surface area contributed by atoms with Gasteiger partial charge in [0.15, 0.2) is 0 Å². The van der Waals surface area contributed by atoms with Gasteiger partial charge in [-0.25, -0.2) is 5.43 Å². The molecule has 2 aromatic rings. The fraction of sp³-hybridized carbons (Fsp3) is 0.286. The molecule has 1 aliphatic rings. The monoisotopic (exact) mass is 244 g/mol. The molecule has 1 aromatic carbocycles. The fourth-order valence-corrected chi connectivity index (χ4v) is 1.94. The van der Waals surface area contributed by atoms with Gasteiger partial charge in [0.25, 0.3) is 0 Å². The molecular weight excluding hydrogens is 228 g/mol. The summed E-state index contributed by atoms with van der Waals surface area (Å²) in [5, 5.41) is 0. The van der Waals surface area contributed by atoms with E-state index in [2.05, 4.69) is 5.43 Å². The maximum absolute atomic E-state index is 5.78. The van der Waals surface area contributed by atoms with Gasteiger partial charge in [-0.05, 0) is 42.7 Å². The molecule has 1 aromatic heterocycles. The molecule has 0 spiro atoms. The van der Waals surface area contributed by atoms with E-state index in [1.165, 1.54) is 0 Å². The Morgan fingerprint density at radius 1 is 1.28 bits per heavy atom. The fourth-order valence-electron chi connectivity index (χ4n) is 1.94. The van der Waals surface area contributed by atoms with E-state index >= 15 is 0 Å². The number of benzene rings is 1. The van der Waals surface area contributed by atoms with Crippen LogP contribution in [-0.4, -0.2) is 6.10 Å². The Labute approximate surface area is 106 Å². The number of nitrogens with two attached hydrogens (primary N) is 1. The van der Waals surface area contributed by atoms with E-state index in [-0.39, 0.29) is 6.04 Å². The summed E-state index contributed by atoms with van der Waals surface area (Å²) in [5.74, 6) is 7.29. The van der Waals surface area contributed by atoms with E-state index in [4.69, 9.17) is 15.0 Å². The van der Waals surface area contributed by atoms with E-state index in [1.54, 1.807) is 6.26 Å². The Kier molecular flexibility index (Phi) is 3.04. The third-order valence-corrected chi connectivity index (χ3v) is 3.01. The number of hydrogen-bond acceptors (Lipinski definition) is 4. The minimum absolute atomic E-state index is 0.150. The summed E-state index contributed by atoms with van der Waals surface area (Å²) in [5.41, 5.74) is 3.80. The van der Waals surface area contributed by atoms with E-state index in [9.17, 15) is 0 Å². The molecule has 4 heteroatoms. The van der Waals surface area contributed by atoms with Gasteiger partial charge in [0.2, 0.25) is 0 Å². The zero-order valence-electron chi connectivity index (χ0n) is 10.0. The van der Waals surface area contributed by atoms with Gasteiger partial charge in [-0.15, -0.1) is 0 Å². The maximum atomic E-state index is 5.78. The Bertz CT molecular complexity index is 506. The molecule has 1 fully saturated rings. The van der Waals surface area contributed by atoms with Crippen molar-refractivity contribution in [3.8, 4) is 5.75 Å². The van der Waals surface area contributed by atoms with Crippen molar-refractivity contribution in [3.63, 3.8) is 0 Å². The standard InChI is InChI=1S/C14H16N2O2/c15-16-14(13-5-2-8-17-13)10-3-1-4-12(9-10)18-11-6-7-11/h1-5,8-9,11,14,16H,6-7,15H2. The van der Waals surface area contributed by atoms with E-state index in [1.807, 2.05) is 36.4 Å². The van der Waals surface area contributed by atoms with Crippen LogP contribution < -0.4 is 16.0 Å². The van der Waals surface area contributed by atoms with Crippen LogP contribution in [0, 0.1) is 0 Å². The van der Waals surface area contributed by atoms with E-state index in [0.29, 0.717) is 6.10 Å². The highest BCUT2D eigenvalue weighted by Crippen LogP contribution is 2.29. The summed E-state index contributed by atoms with van der Waals surface area (Å²) in [7, 11) is 0. The van der Waals surface area contributed by atoms with Gasteiger partial charge in [0.05, 0.1) is 12.4 Å². The van der Waals surface area contributed by atoms with Gasteiger partial charge in [0, 0.05) is 0 Å². The number of hydrogen-bond donors (Lipinski definition) is 2. The molecule has 0 radical (unpaired) electrons. The smallest absolute Gasteiger partial charge is 0.126 e. The summed E-state index contributed by atoms with van der Waals surface area (Å²) in [6, 6.07) is 11.6. The Balaban J connectivity index is 1.84. The minimum Gasteiger partial charge on any atom is -0.490 e. The van der Waals surface area contributed by atoms with Crippen LogP contribution in [0.25, 0.3) is 0 Å². The second-order valence-electron chi connectivity index (χ2n) is 4.50. The van der Waals surface area contributed by atoms with Crippen molar-refractivity contribution < 1.29 is 9.15 Å². The van der Waals surface area contributed by atoms with Crippen molar-refractivity contribution in [1.82, 2.24) is 5.43 Å². The number of nitrogens with one attached hydrogen (secondary N) is 1. The molecule has 0 aliphatic heterocycles.